The molecule has 0 amide bonds. The minimum atomic E-state index is -0.101. The second kappa shape index (κ2) is 4.97. The summed E-state index contributed by atoms with van der Waals surface area (Å²) in [5, 5.41) is 3.29. The first-order valence-corrected chi connectivity index (χ1v) is 5.46. The molecule has 16 heavy (non-hydrogen) atoms. The predicted molar refractivity (Wildman–Crippen MR) is 72.1 cm³/mol. The van der Waals surface area contributed by atoms with E-state index in [0.29, 0.717) is 0 Å². The van der Waals surface area contributed by atoms with Gasteiger partial charge in [-0.1, -0.05) is 24.8 Å². The molecule has 0 spiro atoms. The van der Waals surface area contributed by atoms with E-state index in [-0.39, 0.29) is 5.54 Å². The van der Waals surface area contributed by atoms with Crippen LogP contribution in [0.4, 0.5) is 5.69 Å². The van der Waals surface area contributed by atoms with E-state index < -0.39 is 0 Å². The van der Waals surface area contributed by atoms with Gasteiger partial charge in [0.2, 0.25) is 0 Å². The highest BCUT2D eigenvalue weighted by atomic mass is 15.0. The zero-order valence-electron chi connectivity index (χ0n) is 10.5. The maximum absolute atomic E-state index is 4.61. The molecule has 0 saturated heterocycles. The predicted octanol–water partition coefficient (Wildman–Crippen LogP) is 3.87. The van der Waals surface area contributed by atoms with Gasteiger partial charge in [-0.2, -0.15) is 0 Å². The molecule has 0 heterocycles. The van der Waals surface area contributed by atoms with Crippen molar-refractivity contribution in [1.29, 1.82) is 0 Å². The van der Waals surface area contributed by atoms with E-state index in [9.17, 15) is 0 Å². The van der Waals surface area contributed by atoms with Gasteiger partial charge in [0.15, 0.2) is 0 Å². The summed E-state index contributed by atoms with van der Waals surface area (Å²) in [5.74, 6) is 0.846. The molecule has 0 radical (unpaired) electrons. The molecular weight excluding hydrogens is 196 g/mol. The first-order valence-electron chi connectivity index (χ1n) is 5.46. The second-order valence-electron chi connectivity index (χ2n) is 4.90. The van der Waals surface area contributed by atoms with Gasteiger partial charge in [0.1, 0.15) is 5.84 Å². The number of nitrogens with zero attached hydrogens (tertiary/aromatic N) is 1. The summed E-state index contributed by atoms with van der Waals surface area (Å²) < 4.78 is 0. The third-order valence-electron chi connectivity index (χ3n) is 1.89. The Morgan fingerprint density at radius 2 is 1.75 bits per heavy atom. The minimum absolute atomic E-state index is 0.101. The maximum Gasteiger partial charge on any atom is 0.128 e. The third-order valence-corrected chi connectivity index (χ3v) is 1.89. The smallest absolute Gasteiger partial charge is 0.128 e. The fraction of sp³-hybridized carbons (Fsp3) is 0.357. The molecule has 0 aliphatic heterocycles. The van der Waals surface area contributed by atoms with Crippen molar-refractivity contribution < 1.29 is 0 Å². The van der Waals surface area contributed by atoms with Crippen molar-refractivity contribution in [2.24, 2.45) is 4.99 Å². The van der Waals surface area contributed by atoms with Crippen molar-refractivity contribution in [3.63, 3.8) is 0 Å². The molecule has 86 valence electrons. The fourth-order valence-corrected chi connectivity index (χ4v) is 1.22. The van der Waals surface area contributed by atoms with E-state index in [4.69, 9.17) is 0 Å². The summed E-state index contributed by atoms with van der Waals surface area (Å²) in [6.45, 7) is 12.1. The molecule has 0 saturated carbocycles. The normalized spacial score (nSPS) is 12.4. The number of nitrogens with one attached hydrogen (secondary N) is 1. The standard InChI is InChI=1S/C14H20N2/c1-11(2)13(16-14(3,4)5)15-12-9-7-6-8-10-12/h6-10H,1H2,2-5H3,(H,15,16). The van der Waals surface area contributed by atoms with Gasteiger partial charge < -0.3 is 5.32 Å². The second-order valence-corrected chi connectivity index (χ2v) is 4.90. The van der Waals surface area contributed by atoms with Gasteiger partial charge in [-0.25, -0.2) is 0 Å². The van der Waals surface area contributed by atoms with Crippen LogP contribution >= 0.6 is 0 Å². The lowest BCUT2D eigenvalue weighted by Crippen LogP contribution is -2.20. The van der Waals surface area contributed by atoms with Crippen molar-refractivity contribution in [1.82, 2.24) is 0 Å². The van der Waals surface area contributed by atoms with E-state index in [1.54, 1.807) is 0 Å². The molecular formula is C14H20N2. The molecule has 0 aromatic heterocycles. The number of rotatable bonds is 2. The Morgan fingerprint density at radius 3 is 2.19 bits per heavy atom. The molecule has 0 aliphatic rings. The van der Waals surface area contributed by atoms with Gasteiger partial charge in [0.25, 0.3) is 0 Å². The van der Waals surface area contributed by atoms with Crippen molar-refractivity contribution in [2.75, 3.05) is 5.32 Å². The van der Waals surface area contributed by atoms with Crippen molar-refractivity contribution in [3.05, 3.63) is 42.5 Å². The van der Waals surface area contributed by atoms with E-state index in [1.165, 1.54) is 0 Å². The molecule has 0 bridgehead atoms. The zero-order chi connectivity index (χ0) is 12.2. The number of amidine groups is 1. The molecule has 1 aromatic carbocycles. The van der Waals surface area contributed by atoms with E-state index >= 15 is 0 Å². The molecule has 0 atom stereocenters. The van der Waals surface area contributed by atoms with E-state index in [2.05, 4.69) is 37.7 Å². The van der Waals surface area contributed by atoms with Crippen LogP contribution in [0, 0.1) is 0 Å². The fourth-order valence-electron chi connectivity index (χ4n) is 1.22. The summed E-state index contributed by atoms with van der Waals surface area (Å²) in [6, 6.07) is 10.0. The monoisotopic (exact) mass is 216 g/mol. The molecule has 2 nitrogen and oxygen atoms in total. The Balaban J connectivity index is 2.90. The van der Waals surface area contributed by atoms with Crippen LogP contribution < -0.4 is 5.32 Å². The Kier molecular flexibility index (Phi) is 3.88. The lowest BCUT2D eigenvalue weighted by atomic mass is 10.1. The van der Waals surface area contributed by atoms with Gasteiger partial charge in [-0.3, -0.25) is 4.99 Å². The Morgan fingerprint density at radius 1 is 1.19 bits per heavy atom. The summed E-state index contributed by atoms with van der Waals surface area (Å²) in [4.78, 5) is 4.61. The number of hydrogen-bond donors (Lipinski definition) is 1. The highest BCUT2D eigenvalue weighted by Gasteiger charge is 2.10. The summed E-state index contributed by atoms with van der Waals surface area (Å²) in [5.41, 5.74) is 1.88. The van der Waals surface area contributed by atoms with Crippen LogP contribution in [-0.4, -0.2) is 11.4 Å². The summed E-state index contributed by atoms with van der Waals surface area (Å²) in [7, 11) is 0. The van der Waals surface area contributed by atoms with E-state index in [0.717, 1.165) is 17.1 Å². The molecule has 1 aromatic rings. The molecule has 0 unspecified atom stereocenters. The first kappa shape index (κ1) is 12.5. The Hall–Kier alpha value is -1.57. The lowest BCUT2D eigenvalue weighted by Gasteiger charge is -2.17. The van der Waals surface area contributed by atoms with Crippen LogP contribution in [-0.2, 0) is 0 Å². The highest BCUT2D eigenvalue weighted by Crippen LogP contribution is 2.12. The third kappa shape index (κ3) is 4.30. The van der Waals surface area contributed by atoms with Gasteiger partial charge >= 0.3 is 0 Å². The summed E-state index contributed by atoms with van der Waals surface area (Å²) >= 11 is 0. The SMILES string of the molecule is C=C(C)C(=NC(C)(C)C)Nc1ccccc1. The highest BCUT2D eigenvalue weighted by molar-refractivity contribution is 6.07. The molecule has 2 heteroatoms. The average molecular weight is 216 g/mol. The number of aliphatic imine (C=N–C) groups is 1. The Labute approximate surface area is 98.1 Å². The first-order chi connectivity index (χ1) is 7.38. The largest absolute Gasteiger partial charge is 0.340 e. The maximum atomic E-state index is 4.61. The van der Waals surface area contributed by atoms with Crippen molar-refractivity contribution >= 4 is 11.5 Å². The topological polar surface area (TPSA) is 24.4 Å². The van der Waals surface area contributed by atoms with Crippen LogP contribution in [0.3, 0.4) is 0 Å². The minimum Gasteiger partial charge on any atom is -0.340 e. The van der Waals surface area contributed by atoms with Crippen LogP contribution in [0.2, 0.25) is 0 Å². The number of anilines is 1. The zero-order valence-corrected chi connectivity index (χ0v) is 10.5. The molecule has 0 aliphatic carbocycles. The van der Waals surface area contributed by atoms with Crippen LogP contribution in [0.5, 0.6) is 0 Å². The Bertz CT molecular complexity index is 383. The summed E-state index contributed by atoms with van der Waals surface area (Å²) in [6.07, 6.45) is 0. The van der Waals surface area contributed by atoms with Crippen LogP contribution in [0.25, 0.3) is 0 Å². The van der Waals surface area contributed by atoms with Gasteiger partial charge in [-0.15, -0.1) is 0 Å². The van der Waals surface area contributed by atoms with Crippen LogP contribution in [0.1, 0.15) is 27.7 Å². The van der Waals surface area contributed by atoms with Crippen molar-refractivity contribution in [3.8, 4) is 0 Å². The van der Waals surface area contributed by atoms with Gasteiger partial charge in [-0.05, 0) is 45.4 Å². The molecule has 1 rings (SSSR count). The number of hydrogen-bond acceptors (Lipinski definition) is 1. The van der Waals surface area contributed by atoms with Gasteiger partial charge in [0.05, 0.1) is 5.54 Å². The van der Waals surface area contributed by atoms with Crippen LogP contribution in [0.15, 0.2) is 47.5 Å². The van der Waals surface area contributed by atoms with Crippen molar-refractivity contribution in [2.45, 2.75) is 33.2 Å². The van der Waals surface area contributed by atoms with Gasteiger partial charge in [0, 0.05) is 5.69 Å². The quantitative estimate of drug-likeness (QED) is 0.589. The number of para-hydroxylation sites is 1. The number of benzene rings is 1. The average Bonchev–Trinajstić information content (AvgIpc) is 2.16. The van der Waals surface area contributed by atoms with E-state index in [1.807, 2.05) is 37.3 Å². The molecule has 0 fully saturated rings. The molecule has 1 N–H and O–H groups in total. The lowest BCUT2D eigenvalue weighted by molar-refractivity contribution is 0.584.